The molecule has 26 heavy (non-hydrogen) atoms. The number of benzene rings is 1. The van der Waals surface area contributed by atoms with E-state index in [2.05, 4.69) is 9.88 Å². The third-order valence-corrected chi connectivity index (χ3v) is 4.33. The van der Waals surface area contributed by atoms with Gasteiger partial charge in [0.2, 0.25) is 5.91 Å². The van der Waals surface area contributed by atoms with E-state index < -0.39 is 4.92 Å². The van der Waals surface area contributed by atoms with Crippen molar-refractivity contribution in [3.05, 3.63) is 76.1 Å². The van der Waals surface area contributed by atoms with Crippen molar-refractivity contribution in [2.75, 3.05) is 26.2 Å². The number of rotatable bonds is 5. The van der Waals surface area contributed by atoms with Gasteiger partial charge < -0.3 is 4.90 Å². The fourth-order valence-corrected chi connectivity index (χ4v) is 2.91. The lowest BCUT2D eigenvalue weighted by Crippen LogP contribution is -2.47. The van der Waals surface area contributed by atoms with Gasteiger partial charge >= 0.3 is 0 Å². The van der Waals surface area contributed by atoms with Gasteiger partial charge in [-0.3, -0.25) is 24.8 Å². The smallest absolute Gasteiger partial charge is 0.276 e. The Morgan fingerprint density at radius 3 is 2.54 bits per heavy atom. The van der Waals surface area contributed by atoms with Crippen molar-refractivity contribution in [1.82, 2.24) is 14.8 Å². The summed E-state index contributed by atoms with van der Waals surface area (Å²) in [6.07, 6.45) is 4.71. The van der Waals surface area contributed by atoms with Crippen molar-refractivity contribution < 1.29 is 9.72 Å². The number of nitro groups is 1. The van der Waals surface area contributed by atoms with E-state index in [1.165, 1.54) is 18.2 Å². The maximum Gasteiger partial charge on any atom is 0.276 e. The van der Waals surface area contributed by atoms with Crippen molar-refractivity contribution in [3.63, 3.8) is 0 Å². The predicted octanol–water partition coefficient (Wildman–Crippen LogP) is 2.35. The zero-order valence-electron chi connectivity index (χ0n) is 14.3. The molecule has 1 aromatic carbocycles. The van der Waals surface area contributed by atoms with Crippen LogP contribution in [-0.4, -0.2) is 51.8 Å². The predicted molar refractivity (Wildman–Crippen MR) is 98.2 cm³/mol. The highest BCUT2D eigenvalue weighted by molar-refractivity contribution is 5.92. The van der Waals surface area contributed by atoms with Gasteiger partial charge in [0.05, 0.1) is 16.2 Å². The molecule has 1 fully saturated rings. The fourth-order valence-electron chi connectivity index (χ4n) is 2.91. The molecule has 7 heteroatoms. The fraction of sp³-hybridized carbons (Fsp3) is 0.263. The van der Waals surface area contributed by atoms with E-state index in [9.17, 15) is 14.9 Å². The Hall–Kier alpha value is -3.06. The molecule has 134 valence electrons. The third-order valence-electron chi connectivity index (χ3n) is 4.33. The number of aromatic nitrogens is 1. The van der Waals surface area contributed by atoms with Gasteiger partial charge in [-0.25, -0.2) is 0 Å². The zero-order valence-corrected chi connectivity index (χ0v) is 14.3. The van der Waals surface area contributed by atoms with Crippen molar-refractivity contribution in [1.29, 1.82) is 0 Å². The summed E-state index contributed by atoms with van der Waals surface area (Å²) in [5, 5.41) is 11.0. The molecule has 0 spiro atoms. The Morgan fingerprint density at radius 1 is 1.12 bits per heavy atom. The summed E-state index contributed by atoms with van der Waals surface area (Å²) in [5.74, 6) is -0.124. The number of nitro benzene ring substituents is 1. The number of pyridine rings is 1. The summed E-state index contributed by atoms with van der Waals surface area (Å²) in [7, 11) is 0. The summed E-state index contributed by atoms with van der Waals surface area (Å²) in [6, 6.07) is 12.2. The lowest BCUT2D eigenvalue weighted by molar-refractivity contribution is -0.385. The zero-order chi connectivity index (χ0) is 18.4. The minimum Gasteiger partial charge on any atom is -0.337 e. The molecule has 1 amide bonds. The van der Waals surface area contributed by atoms with Gasteiger partial charge in [0, 0.05) is 51.1 Å². The maximum atomic E-state index is 12.4. The average molecular weight is 352 g/mol. The number of nitrogens with zero attached hydrogens (tertiary/aromatic N) is 4. The van der Waals surface area contributed by atoms with Crippen molar-refractivity contribution >= 4 is 17.7 Å². The van der Waals surface area contributed by atoms with Crippen LogP contribution in [0.2, 0.25) is 0 Å². The van der Waals surface area contributed by atoms with E-state index in [0.717, 1.165) is 25.3 Å². The van der Waals surface area contributed by atoms with Gasteiger partial charge in [-0.15, -0.1) is 0 Å². The molecule has 2 heterocycles. The Morgan fingerprint density at radius 2 is 1.85 bits per heavy atom. The Balaban J connectivity index is 1.55. The normalized spacial score (nSPS) is 15.3. The topological polar surface area (TPSA) is 79.6 Å². The maximum absolute atomic E-state index is 12.4. The van der Waals surface area contributed by atoms with Gasteiger partial charge in [-0.2, -0.15) is 0 Å². The van der Waals surface area contributed by atoms with Crippen molar-refractivity contribution in [2.24, 2.45) is 0 Å². The number of hydrogen-bond acceptors (Lipinski definition) is 5. The number of carbonyl (C=O) groups excluding carboxylic acids is 1. The van der Waals surface area contributed by atoms with Crippen molar-refractivity contribution in [3.8, 4) is 0 Å². The lowest BCUT2D eigenvalue weighted by Gasteiger charge is -2.34. The van der Waals surface area contributed by atoms with E-state index in [0.29, 0.717) is 18.7 Å². The van der Waals surface area contributed by atoms with Crippen LogP contribution in [-0.2, 0) is 11.3 Å². The van der Waals surface area contributed by atoms with Crippen LogP contribution in [0.4, 0.5) is 5.69 Å². The lowest BCUT2D eigenvalue weighted by atomic mass is 10.1. The second kappa shape index (κ2) is 8.35. The molecule has 0 saturated carbocycles. The monoisotopic (exact) mass is 352 g/mol. The Labute approximate surface area is 151 Å². The summed E-state index contributed by atoms with van der Waals surface area (Å²) in [5.41, 5.74) is 1.44. The molecule has 0 radical (unpaired) electrons. The minimum atomic E-state index is -0.444. The van der Waals surface area contributed by atoms with Gasteiger partial charge in [0.15, 0.2) is 0 Å². The molecule has 1 aromatic heterocycles. The molecule has 7 nitrogen and oxygen atoms in total. The molecule has 0 unspecified atom stereocenters. The quantitative estimate of drug-likeness (QED) is 0.469. The van der Waals surface area contributed by atoms with Crippen LogP contribution in [0.25, 0.3) is 6.08 Å². The van der Waals surface area contributed by atoms with Crippen LogP contribution in [0.5, 0.6) is 0 Å². The van der Waals surface area contributed by atoms with E-state index in [1.54, 1.807) is 29.3 Å². The first-order chi connectivity index (χ1) is 12.6. The second-order valence-electron chi connectivity index (χ2n) is 6.07. The van der Waals surface area contributed by atoms with Crippen LogP contribution in [0.15, 0.2) is 54.7 Å². The first kappa shape index (κ1) is 17.8. The van der Waals surface area contributed by atoms with E-state index in [1.807, 2.05) is 18.2 Å². The number of amides is 1. The van der Waals surface area contributed by atoms with Crippen LogP contribution < -0.4 is 0 Å². The summed E-state index contributed by atoms with van der Waals surface area (Å²) >= 11 is 0. The second-order valence-corrected chi connectivity index (χ2v) is 6.07. The first-order valence-corrected chi connectivity index (χ1v) is 8.46. The molecule has 0 bridgehead atoms. The summed E-state index contributed by atoms with van der Waals surface area (Å²) in [4.78, 5) is 31.3. The molecule has 1 saturated heterocycles. The number of para-hydroxylation sites is 1. The molecule has 1 aliphatic heterocycles. The van der Waals surface area contributed by atoms with E-state index in [-0.39, 0.29) is 11.6 Å². The number of hydrogen-bond donors (Lipinski definition) is 0. The van der Waals surface area contributed by atoms with Crippen molar-refractivity contribution in [2.45, 2.75) is 6.54 Å². The van der Waals surface area contributed by atoms with Gasteiger partial charge in [-0.1, -0.05) is 18.2 Å². The standard InChI is InChI=1S/C19H20N4O3/c24-19(9-8-16-5-1-2-7-18(16)23(25)26)22-13-11-21(12-14-22)15-17-6-3-4-10-20-17/h1-10H,11-15H2/b9-8+. The third kappa shape index (κ3) is 4.52. The molecule has 1 aliphatic rings. The minimum absolute atomic E-state index is 0.00303. The van der Waals surface area contributed by atoms with Crippen LogP contribution in [0.3, 0.4) is 0 Å². The Bertz CT molecular complexity index is 799. The summed E-state index contributed by atoms with van der Waals surface area (Å²) < 4.78 is 0. The molecule has 0 aliphatic carbocycles. The van der Waals surface area contributed by atoms with Gasteiger partial charge in [0.1, 0.15) is 0 Å². The molecule has 2 aromatic rings. The van der Waals surface area contributed by atoms with E-state index in [4.69, 9.17) is 0 Å². The van der Waals surface area contributed by atoms with E-state index >= 15 is 0 Å². The highest BCUT2D eigenvalue weighted by Crippen LogP contribution is 2.19. The summed E-state index contributed by atoms with van der Waals surface area (Å²) in [6.45, 7) is 3.60. The number of carbonyl (C=O) groups is 1. The van der Waals surface area contributed by atoms with Crippen LogP contribution in [0, 0.1) is 10.1 Å². The molecular weight excluding hydrogens is 332 g/mol. The molecule has 0 N–H and O–H groups in total. The first-order valence-electron chi connectivity index (χ1n) is 8.46. The van der Waals surface area contributed by atoms with Gasteiger partial charge in [0.25, 0.3) is 5.69 Å². The molecule has 0 atom stereocenters. The highest BCUT2D eigenvalue weighted by Gasteiger charge is 2.20. The Kier molecular flexibility index (Phi) is 5.70. The largest absolute Gasteiger partial charge is 0.337 e. The van der Waals surface area contributed by atoms with Gasteiger partial charge in [-0.05, 0) is 24.3 Å². The average Bonchev–Trinajstić information content (AvgIpc) is 2.67. The highest BCUT2D eigenvalue weighted by atomic mass is 16.6. The number of piperazine rings is 1. The SMILES string of the molecule is O=C(/C=C/c1ccccc1[N+](=O)[O-])N1CCN(Cc2ccccn2)CC1. The van der Waals surface area contributed by atoms with Crippen LogP contribution in [0.1, 0.15) is 11.3 Å². The van der Waals surface area contributed by atoms with Crippen LogP contribution >= 0.6 is 0 Å². The molecule has 3 rings (SSSR count). The molecular formula is C19H20N4O3.